The molecule has 1 fully saturated rings. The third-order valence-corrected chi connectivity index (χ3v) is 2.28. The van der Waals surface area contributed by atoms with Crippen molar-refractivity contribution in [1.82, 2.24) is 10.2 Å². The maximum atomic E-state index is 3.19. The molecule has 0 aromatic heterocycles. The van der Waals surface area contributed by atoms with Gasteiger partial charge in [0.2, 0.25) is 0 Å². The van der Waals surface area contributed by atoms with Gasteiger partial charge in [0, 0.05) is 13.1 Å². The summed E-state index contributed by atoms with van der Waals surface area (Å²) in [6.45, 7) is 6.07. The number of nitrogens with one attached hydrogen (secondary N) is 1. The Hall–Kier alpha value is -0.0800. The Morgan fingerprint density at radius 3 is 2.50 bits per heavy atom. The van der Waals surface area contributed by atoms with E-state index in [1.165, 1.54) is 19.5 Å². The molecule has 0 saturated carbocycles. The molecule has 0 aromatic carbocycles. The van der Waals surface area contributed by atoms with Gasteiger partial charge in [0.1, 0.15) is 0 Å². The molecule has 10 heavy (non-hydrogen) atoms. The largest absolute Gasteiger partial charge is 0.320 e. The van der Waals surface area contributed by atoms with Gasteiger partial charge in [-0.3, -0.25) is 0 Å². The van der Waals surface area contributed by atoms with E-state index in [4.69, 9.17) is 0 Å². The van der Waals surface area contributed by atoms with Crippen LogP contribution < -0.4 is 5.32 Å². The molecule has 1 aliphatic heterocycles. The standard InChI is InChI=1S/C8H18N2/c1-8(4-5-9-2)6-10(3)7-8/h9H,4-7H2,1-3H3. The summed E-state index contributed by atoms with van der Waals surface area (Å²) in [5.74, 6) is 0. The summed E-state index contributed by atoms with van der Waals surface area (Å²) in [5, 5.41) is 3.19. The second-order valence-electron chi connectivity index (χ2n) is 3.84. The van der Waals surface area contributed by atoms with E-state index in [0.717, 1.165) is 6.54 Å². The molecule has 60 valence electrons. The minimum Gasteiger partial charge on any atom is -0.320 e. The Labute approximate surface area is 63.6 Å². The van der Waals surface area contributed by atoms with Crippen LogP contribution in [0.1, 0.15) is 13.3 Å². The van der Waals surface area contributed by atoms with E-state index in [1.807, 2.05) is 7.05 Å². The molecule has 0 unspecified atom stereocenters. The van der Waals surface area contributed by atoms with Crippen molar-refractivity contribution in [3.05, 3.63) is 0 Å². The lowest BCUT2D eigenvalue weighted by atomic mass is 9.79. The van der Waals surface area contributed by atoms with Crippen molar-refractivity contribution >= 4 is 0 Å². The predicted octanol–water partition coefficient (Wildman–Crippen LogP) is 0.548. The minimum atomic E-state index is 0.609. The molecule has 1 aliphatic rings. The number of likely N-dealkylation sites (tertiary alicyclic amines) is 1. The van der Waals surface area contributed by atoms with Crippen LogP contribution in [0.25, 0.3) is 0 Å². The van der Waals surface area contributed by atoms with Crippen LogP contribution in [0.15, 0.2) is 0 Å². The quantitative estimate of drug-likeness (QED) is 0.619. The van der Waals surface area contributed by atoms with Gasteiger partial charge in [-0.1, -0.05) is 6.92 Å². The van der Waals surface area contributed by atoms with Gasteiger partial charge in [-0.2, -0.15) is 0 Å². The molecule has 2 nitrogen and oxygen atoms in total. The first-order chi connectivity index (χ1) is 4.66. The maximum Gasteiger partial charge on any atom is 0.00452 e. The van der Waals surface area contributed by atoms with Crippen LogP contribution >= 0.6 is 0 Å². The molecule has 0 spiro atoms. The summed E-state index contributed by atoms with van der Waals surface area (Å²) in [6.07, 6.45) is 1.31. The van der Waals surface area contributed by atoms with Gasteiger partial charge in [-0.15, -0.1) is 0 Å². The molecule has 1 rings (SSSR count). The topological polar surface area (TPSA) is 15.3 Å². The molecule has 1 N–H and O–H groups in total. The number of hydrogen-bond donors (Lipinski definition) is 1. The summed E-state index contributed by atoms with van der Waals surface area (Å²) in [4.78, 5) is 2.37. The zero-order valence-electron chi connectivity index (χ0n) is 7.28. The molecular weight excluding hydrogens is 124 g/mol. The molecule has 0 aliphatic carbocycles. The fourth-order valence-electron chi connectivity index (χ4n) is 1.84. The van der Waals surface area contributed by atoms with E-state index >= 15 is 0 Å². The first kappa shape index (κ1) is 8.02. The highest BCUT2D eigenvalue weighted by molar-refractivity contribution is 4.89. The molecule has 0 aromatic rings. The summed E-state index contributed by atoms with van der Waals surface area (Å²) in [7, 11) is 4.20. The van der Waals surface area contributed by atoms with Gasteiger partial charge < -0.3 is 10.2 Å². The van der Waals surface area contributed by atoms with E-state index in [0.29, 0.717) is 5.41 Å². The van der Waals surface area contributed by atoms with Crippen molar-refractivity contribution in [2.45, 2.75) is 13.3 Å². The number of hydrogen-bond acceptors (Lipinski definition) is 2. The average Bonchev–Trinajstić information content (AvgIpc) is 1.81. The highest BCUT2D eigenvalue weighted by atomic mass is 15.2. The van der Waals surface area contributed by atoms with E-state index in [9.17, 15) is 0 Å². The van der Waals surface area contributed by atoms with Crippen molar-refractivity contribution in [2.75, 3.05) is 33.7 Å². The zero-order valence-corrected chi connectivity index (χ0v) is 7.28. The molecule has 0 bridgehead atoms. The zero-order chi connectivity index (χ0) is 7.61. The van der Waals surface area contributed by atoms with E-state index < -0.39 is 0 Å². The monoisotopic (exact) mass is 142 g/mol. The average molecular weight is 142 g/mol. The van der Waals surface area contributed by atoms with Crippen molar-refractivity contribution < 1.29 is 0 Å². The highest BCUT2D eigenvalue weighted by Gasteiger charge is 2.35. The Morgan fingerprint density at radius 2 is 2.10 bits per heavy atom. The van der Waals surface area contributed by atoms with Gasteiger partial charge in [0.15, 0.2) is 0 Å². The van der Waals surface area contributed by atoms with Crippen LogP contribution in [0.2, 0.25) is 0 Å². The molecular formula is C8H18N2. The summed E-state index contributed by atoms with van der Waals surface area (Å²) >= 11 is 0. The van der Waals surface area contributed by atoms with E-state index in [1.54, 1.807) is 0 Å². The SMILES string of the molecule is CNCCC1(C)CN(C)C1. The van der Waals surface area contributed by atoms with E-state index in [2.05, 4.69) is 24.2 Å². The van der Waals surface area contributed by atoms with Crippen LogP contribution in [-0.2, 0) is 0 Å². The van der Waals surface area contributed by atoms with Crippen LogP contribution in [0.4, 0.5) is 0 Å². The Kier molecular flexibility index (Phi) is 2.32. The third kappa shape index (κ3) is 1.70. The van der Waals surface area contributed by atoms with Crippen LogP contribution in [0.3, 0.4) is 0 Å². The Morgan fingerprint density at radius 1 is 1.50 bits per heavy atom. The van der Waals surface area contributed by atoms with Crippen molar-refractivity contribution in [3.63, 3.8) is 0 Å². The number of nitrogens with zero attached hydrogens (tertiary/aromatic N) is 1. The van der Waals surface area contributed by atoms with Gasteiger partial charge in [0.05, 0.1) is 0 Å². The van der Waals surface area contributed by atoms with Crippen LogP contribution in [0.5, 0.6) is 0 Å². The molecule has 2 heteroatoms. The minimum absolute atomic E-state index is 0.609. The fourth-order valence-corrected chi connectivity index (χ4v) is 1.84. The smallest absolute Gasteiger partial charge is 0.00452 e. The normalized spacial score (nSPS) is 24.3. The first-order valence-electron chi connectivity index (χ1n) is 3.99. The second kappa shape index (κ2) is 2.89. The lowest BCUT2D eigenvalue weighted by Crippen LogP contribution is -2.53. The lowest BCUT2D eigenvalue weighted by molar-refractivity contribution is 0.0325. The summed E-state index contributed by atoms with van der Waals surface area (Å²) < 4.78 is 0. The van der Waals surface area contributed by atoms with Crippen molar-refractivity contribution in [3.8, 4) is 0 Å². The summed E-state index contributed by atoms with van der Waals surface area (Å²) in [6, 6.07) is 0. The fraction of sp³-hybridized carbons (Fsp3) is 1.00. The molecule has 0 amide bonds. The second-order valence-corrected chi connectivity index (χ2v) is 3.84. The Balaban J connectivity index is 2.15. The third-order valence-electron chi connectivity index (χ3n) is 2.28. The molecule has 1 saturated heterocycles. The molecule has 0 radical (unpaired) electrons. The maximum absolute atomic E-state index is 3.19. The van der Waals surface area contributed by atoms with Gasteiger partial charge in [-0.05, 0) is 32.5 Å². The van der Waals surface area contributed by atoms with Crippen LogP contribution in [-0.4, -0.2) is 38.6 Å². The summed E-state index contributed by atoms with van der Waals surface area (Å²) in [5.41, 5.74) is 0.609. The number of rotatable bonds is 3. The molecule has 0 atom stereocenters. The van der Waals surface area contributed by atoms with E-state index in [-0.39, 0.29) is 0 Å². The highest BCUT2D eigenvalue weighted by Crippen LogP contribution is 2.31. The van der Waals surface area contributed by atoms with Crippen molar-refractivity contribution in [1.29, 1.82) is 0 Å². The van der Waals surface area contributed by atoms with Gasteiger partial charge >= 0.3 is 0 Å². The molecule has 1 heterocycles. The Bertz CT molecular complexity index is 106. The van der Waals surface area contributed by atoms with Crippen molar-refractivity contribution in [2.24, 2.45) is 5.41 Å². The van der Waals surface area contributed by atoms with Gasteiger partial charge in [-0.25, -0.2) is 0 Å². The lowest BCUT2D eigenvalue weighted by Gasteiger charge is -2.46. The van der Waals surface area contributed by atoms with Gasteiger partial charge in [0.25, 0.3) is 0 Å². The first-order valence-corrected chi connectivity index (χ1v) is 3.99. The predicted molar refractivity (Wildman–Crippen MR) is 44.1 cm³/mol. The van der Waals surface area contributed by atoms with Crippen LogP contribution in [0, 0.1) is 5.41 Å².